The molecule has 2 heteroatoms. The monoisotopic (exact) mass is 169 g/mol. The summed E-state index contributed by atoms with van der Waals surface area (Å²) in [7, 11) is 0. The highest BCUT2D eigenvalue weighted by Gasteiger charge is 2.11. The van der Waals surface area contributed by atoms with E-state index in [4.69, 9.17) is 5.73 Å². The first-order valence-electron chi connectivity index (χ1n) is 3.80. The predicted molar refractivity (Wildman–Crippen MR) is 51.0 cm³/mol. The van der Waals surface area contributed by atoms with E-state index in [-0.39, 0.29) is 5.54 Å². The number of nitrogens with two attached hydrogens (primary N) is 1. The van der Waals surface area contributed by atoms with Crippen molar-refractivity contribution in [2.24, 2.45) is 5.73 Å². The highest BCUT2D eigenvalue weighted by molar-refractivity contribution is 7.10. The van der Waals surface area contributed by atoms with E-state index >= 15 is 0 Å². The van der Waals surface area contributed by atoms with Gasteiger partial charge in [-0.15, -0.1) is 11.3 Å². The van der Waals surface area contributed by atoms with Crippen LogP contribution >= 0.6 is 11.3 Å². The molecule has 0 fully saturated rings. The fourth-order valence-corrected chi connectivity index (χ4v) is 1.82. The van der Waals surface area contributed by atoms with Crippen LogP contribution in [0.15, 0.2) is 11.4 Å². The third kappa shape index (κ3) is 3.04. The van der Waals surface area contributed by atoms with Crippen molar-refractivity contribution in [3.63, 3.8) is 0 Å². The first-order valence-corrected chi connectivity index (χ1v) is 4.68. The smallest absolute Gasteiger partial charge is 0.0138 e. The van der Waals surface area contributed by atoms with Gasteiger partial charge in [-0.3, -0.25) is 0 Å². The molecule has 0 unspecified atom stereocenters. The standard InChI is InChI=1S/C9H15NS/c1-7-4-8(6-11-7)5-9(2,3)10/h4,6H,5,10H2,1-3H3. The van der Waals surface area contributed by atoms with E-state index in [0.29, 0.717) is 0 Å². The molecule has 0 aliphatic carbocycles. The van der Waals surface area contributed by atoms with Crippen LogP contribution in [0.1, 0.15) is 24.3 Å². The molecule has 0 saturated carbocycles. The van der Waals surface area contributed by atoms with Crippen molar-refractivity contribution in [1.29, 1.82) is 0 Å². The quantitative estimate of drug-likeness (QED) is 0.722. The molecule has 0 amide bonds. The zero-order valence-electron chi connectivity index (χ0n) is 7.35. The van der Waals surface area contributed by atoms with Crippen LogP contribution in [-0.4, -0.2) is 5.54 Å². The number of hydrogen-bond donors (Lipinski definition) is 1. The molecule has 1 heterocycles. The van der Waals surface area contributed by atoms with E-state index < -0.39 is 0 Å². The van der Waals surface area contributed by atoms with E-state index in [9.17, 15) is 0 Å². The molecule has 0 aliphatic rings. The van der Waals surface area contributed by atoms with E-state index in [0.717, 1.165) is 6.42 Å². The van der Waals surface area contributed by atoms with Gasteiger partial charge in [0.2, 0.25) is 0 Å². The van der Waals surface area contributed by atoms with Gasteiger partial charge >= 0.3 is 0 Å². The number of thiophene rings is 1. The number of hydrogen-bond acceptors (Lipinski definition) is 2. The molecule has 0 saturated heterocycles. The van der Waals surface area contributed by atoms with Crippen LogP contribution in [0.5, 0.6) is 0 Å². The lowest BCUT2D eigenvalue weighted by atomic mass is 9.98. The first kappa shape index (κ1) is 8.75. The maximum atomic E-state index is 5.88. The average Bonchev–Trinajstić information content (AvgIpc) is 2.10. The van der Waals surface area contributed by atoms with Crippen molar-refractivity contribution < 1.29 is 0 Å². The van der Waals surface area contributed by atoms with Crippen LogP contribution in [0.2, 0.25) is 0 Å². The highest BCUT2D eigenvalue weighted by Crippen LogP contribution is 2.17. The van der Waals surface area contributed by atoms with Crippen LogP contribution in [0.25, 0.3) is 0 Å². The molecular formula is C9H15NS. The molecule has 62 valence electrons. The van der Waals surface area contributed by atoms with Crippen molar-refractivity contribution in [3.05, 3.63) is 21.9 Å². The third-order valence-corrected chi connectivity index (χ3v) is 2.35. The molecule has 1 aromatic rings. The van der Waals surface area contributed by atoms with Crippen molar-refractivity contribution in [2.75, 3.05) is 0 Å². The Morgan fingerprint density at radius 1 is 1.55 bits per heavy atom. The fraction of sp³-hybridized carbons (Fsp3) is 0.556. The van der Waals surface area contributed by atoms with E-state index in [2.05, 4.69) is 32.2 Å². The molecule has 11 heavy (non-hydrogen) atoms. The van der Waals surface area contributed by atoms with E-state index in [1.165, 1.54) is 10.4 Å². The Morgan fingerprint density at radius 2 is 2.18 bits per heavy atom. The number of rotatable bonds is 2. The van der Waals surface area contributed by atoms with Gasteiger partial charge in [-0.2, -0.15) is 0 Å². The second-order valence-corrected chi connectivity index (χ2v) is 4.85. The topological polar surface area (TPSA) is 26.0 Å². The van der Waals surface area contributed by atoms with Gasteiger partial charge in [-0.1, -0.05) is 0 Å². The van der Waals surface area contributed by atoms with Gasteiger partial charge in [0.05, 0.1) is 0 Å². The van der Waals surface area contributed by atoms with Gasteiger partial charge in [-0.05, 0) is 44.2 Å². The second-order valence-electron chi connectivity index (χ2n) is 3.73. The van der Waals surface area contributed by atoms with Crippen molar-refractivity contribution >= 4 is 11.3 Å². The molecule has 2 N–H and O–H groups in total. The molecule has 0 aromatic carbocycles. The Kier molecular flexibility index (Phi) is 2.35. The lowest BCUT2D eigenvalue weighted by Crippen LogP contribution is -2.34. The minimum Gasteiger partial charge on any atom is -0.325 e. The fourth-order valence-electron chi connectivity index (χ4n) is 1.12. The zero-order valence-corrected chi connectivity index (χ0v) is 8.16. The molecule has 1 nitrogen and oxygen atoms in total. The summed E-state index contributed by atoms with van der Waals surface area (Å²) in [4.78, 5) is 1.37. The van der Waals surface area contributed by atoms with Crippen LogP contribution in [0.3, 0.4) is 0 Å². The minimum atomic E-state index is -0.0759. The molecular weight excluding hydrogens is 154 g/mol. The van der Waals surface area contributed by atoms with E-state index in [1.54, 1.807) is 11.3 Å². The van der Waals surface area contributed by atoms with Crippen molar-refractivity contribution in [1.82, 2.24) is 0 Å². The largest absolute Gasteiger partial charge is 0.325 e. The predicted octanol–water partition coefficient (Wildman–Crippen LogP) is 2.34. The summed E-state index contributed by atoms with van der Waals surface area (Å²) >= 11 is 1.79. The van der Waals surface area contributed by atoms with Gasteiger partial charge in [0.25, 0.3) is 0 Å². The molecule has 0 spiro atoms. The van der Waals surface area contributed by atoms with Gasteiger partial charge in [0.15, 0.2) is 0 Å². The zero-order chi connectivity index (χ0) is 8.48. The van der Waals surface area contributed by atoms with Crippen LogP contribution < -0.4 is 5.73 Å². The molecule has 1 rings (SSSR count). The normalized spacial score (nSPS) is 12.0. The maximum Gasteiger partial charge on any atom is 0.0138 e. The van der Waals surface area contributed by atoms with Gasteiger partial charge in [-0.25, -0.2) is 0 Å². The maximum absolute atomic E-state index is 5.88. The Bertz CT molecular complexity index is 232. The van der Waals surface area contributed by atoms with E-state index in [1.807, 2.05) is 0 Å². The molecule has 0 atom stereocenters. The minimum absolute atomic E-state index is 0.0759. The molecule has 0 aliphatic heterocycles. The molecule has 1 aromatic heterocycles. The summed E-state index contributed by atoms with van der Waals surface area (Å²) in [6.07, 6.45) is 0.970. The Morgan fingerprint density at radius 3 is 2.55 bits per heavy atom. The van der Waals surface area contributed by atoms with Gasteiger partial charge in [0, 0.05) is 10.4 Å². The summed E-state index contributed by atoms with van der Waals surface area (Å²) in [6, 6.07) is 2.21. The number of aryl methyl sites for hydroxylation is 1. The van der Waals surface area contributed by atoms with Crippen molar-refractivity contribution in [3.8, 4) is 0 Å². The average molecular weight is 169 g/mol. The van der Waals surface area contributed by atoms with Crippen LogP contribution in [0.4, 0.5) is 0 Å². The Hall–Kier alpha value is -0.340. The second kappa shape index (κ2) is 2.95. The van der Waals surface area contributed by atoms with Crippen LogP contribution in [0, 0.1) is 6.92 Å². The Balaban J connectivity index is 2.65. The first-order chi connectivity index (χ1) is 4.97. The summed E-state index contributed by atoms with van der Waals surface area (Å²) < 4.78 is 0. The summed E-state index contributed by atoms with van der Waals surface area (Å²) in [5.41, 5.74) is 7.17. The highest BCUT2D eigenvalue weighted by atomic mass is 32.1. The third-order valence-electron chi connectivity index (χ3n) is 1.44. The summed E-state index contributed by atoms with van der Waals surface area (Å²) in [6.45, 7) is 6.23. The van der Waals surface area contributed by atoms with Crippen molar-refractivity contribution in [2.45, 2.75) is 32.7 Å². The summed E-state index contributed by atoms with van der Waals surface area (Å²) in [5, 5.41) is 2.18. The van der Waals surface area contributed by atoms with Crippen LogP contribution in [-0.2, 0) is 6.42 Å². The Labute approximate surface area is 72.2 Å². The SMILES string of the molecule is Cc1cc(CC(C)(C)N)cs1. The lowest BCUT2D eigenvalue weighted by Gasteiger charge is -2.16. The van der Waals surface area contributed by atoms with Gasteiger partial charge in [0.1, 0.15) is 0 Å². The lowest BCUT2D eigenvalue weighted by molar-refractivity contribution is 0.517. The summed E-state index contributed by atoms with van der Waals surface area (Å²) in [5.74, 6) is 0. The molecule has 0 bridgehead atoms. The van der Waals surface area contributed by atoms with Gasteiger partial charge < -0.3 is 5.73 Å². The molecule has 0 radical (unpaired) electrons.